The van der Waals surface area contributed by atoms with Crippen LogP contribution in [0.25, 0.3) is 0 Å². The summed E-state index contributed by atoms with van der Waals surface area (Å²) < 4.78 is 12.0. The lowest BCUT2D eigenvalue weighted by Gasteiger charge is -2.44. The van der Waals surface area contributed by atoms with Crippen LogP contribution in [0.4, 0.5) is 0 Å². The molecule has 1 N–H and O–H groups in total. The molecule has 3 heteroatoms. The SMILES string of the molecule is CCC1(CCNCc2ccccc2)OCCCC1Cc1ccccc1OC. The van der Waals surface area contributed by atoms with Crippen LogP contribution in [-0.4, -0.2) is 25.9 Å². The Bertz CT molecular complexity index is 688. The lowest BCUT2D eigenvalue weighted by molar-refractivity contribution is -0.125. The highest BCUT2D eigenvalue weighted by atomic mass is 16.5. The van der Waals surface area contributed by atoms with Gasteiger partial charge in [-0.25, -0.2) is 0 Å². The van der Waals surface area contributed by atoms with Crippen molar-refractivity contribution in [2.24, 2.45) is 5.92 Å². The molecule has 1 aliphatic heterocycles. The molecule has 2 aromatic carbocycles. The minimum atomic E-state index is -0.0389. The number of rotatable bonds is 9. The average molecular weight is 368 g/mol. The van der Waals surface area contributed by atoms with Crippen LogP contribution in [0, 0.1) is 5.92 Å². The van der Waals surface area contributed by atoms with Gasteiger partial charge in [-0.15, -0.1) is 0 Å². The largest absolute Gasteiger partial charge is 0.496 e. The van der Waals surface area contributed by atoms with E-state index in [-0.39, 0.29) is 5.60 Å². The number of hydrogen-bond donors (Lipinski definition) is 1. The van der Waals surface area contributed by atoms with Crippen molar-refractivity contribution >= 4 is 0 Å². The predicted octanol–water partition coefficient (Wildman–Crippen LogP) is 4.99. The monoisotopic (exact) mass is 367 g/mol. The summed E-state index contributed by atoms with van der Waals surface area (Å²) in [6.07, 6.45) is 5.51. The highest BCUT2D eigenvalue weighted by Crippen LogP contribution is 2.40. The van der Waals surface area contributed by atoms with Crippen molar-refractivity contribution in [2.75, 3.05) is 20.3 Å². The Morgan fingerprint density at radius 2 is 1.89 bits per heavy atom. The van der Waals surface area contributed by atoms with Gasteiger partial charge in [0.05, 0.1) is 12.7 Å². The first-order chi connectivity index (χ1) is 13.3. The highest BCUT2D eigenvalue weighted by Gasteiger charge is 2.40. The van der Waals surface area contributed by atoms with Crippen molar-refractivity contribution < 1.29 is 9.47 Å². The molecule has 0 bridgehead atoms. The van der Waals surface area contributed by atoms with E-state index in [1.54, 1.807) is 7.11 Å². The molecule has 0 spiro atoms. The molecule has 0 aliphatic carbocycles. The first-order valence-electron chi connectivity index (χ1n) is 10.3. The fourth-order valence-electron chi connectivity index (χ4n) is 4.38. The zero-order chi connectivity index (χ0) is 19.0. The van der Waals surface area contributed by atoms with E-state index in [4.69, 9.17) is 9.47 Å². The highest BCUT2D eigenvalue weighted by molar-refractivity contribution is 5.34. The molecule has 0 radical (unpaired) electrons. The molecule has 27 heavy (non-hydrogen) atoms. The number of ether oxygens (including phenoxy) is 2. The molecule has 2 unspecified atom stereocenters. The Kier molecular flexibility index (Phi) is 7.31. The normalized spacial score (nSPS) is 22.5. The van der Waals surface area contributed by atoms with Crippen molar-refractivity contribution in [1.29, 1.82) is 0 Å². The van der Waals surface area contributed by atoms with Gasteiger partial charge >= 0.3 is 0 Å². The third-order valence-electron chi connectivity index (χ3n) is 5.98. The summed E-state index contributed by atoms with van der Waals surface area (Å²) in [6, 6.07) is 19.0. The maximum atomic E-state index is 6.44. The molecule has 1 heterocycles. The summed E-state index contributed by atoms with van der Waals surface area (Å²) in [7, 11) is 1.76. The Morgan fingerprint density at radius 3 is 2.67 bits per heavy atom. The topological polar surface area (TPSA) is 30.5 Å². The standard InChI is InChI=1S/C24H33NO2/c1-3-24(15-16-25-19-20-10-5-4-6-11-20)22(13-9-17-27-24)18-21-12-7-8-14-23(21)26-2/h4-8,10-12,14,22,25H,3,9,13,15-19H2,1-2H3. The summed E-state index contributed by atoms with van der Waals surface area (Å²) in [5, 5.41) is 3.61. The Labute approximate surface area is 164 Å². The molecule has 146 valence electrons. The van der Waals surface area contributed by atoms with Crippen molar-refractivity contribution in [2.45, 2.75) is 51.2 Å². The van der Waals surface area contributed by atoms with Gasteiger partial charge in [0.1, 0.15) is 5.75 Å². The third-order valence-corrected chi connectivity index (χ3v) is 5.98. The summed E-state index contributed by atoms with van der Waals surface area (Å²) in [4.78, 5) is 0. The van der Waals surface area contributed by atoms with Crippen LogP contribution >= 0.6 is 0 Å². The lowest BCUT2D eigenvalue weighted by atomic mass is 9.74. The minimum absolute atomic E-state index is 0.0389. The number of methoxy groups -OCH3 is 1. The van der Waals surface area contributed by atoms with E-state index in [0.29, 0.717) is 5.92 Å². The molecule has 1 aliphatic rings. The van der Waals surface area contributed by atoms with Crippen LogP contribution < -0.4 is 10.1 Å². The van der Waals surface area contributed by atoms with Crippen LogP contribution in [0.5, 0.6) is 5.75 Å². The van der Waals surface area contributed by atoms with Gasteiger partial charge in [0.2, 0.25) is 0 Å². The van der Waals surface area contributed by atoms with Gasteiger partial charge in [-0.3, -0.25) is 0 Å². The fraction of sp³-hybridized carbons (Fsp3) is 0.500. The number of nitrogens with one attached hydrogen (secondary N) is 1. The van der Waals surface area contributed by atoms with Crippen LogP contribution in [-0.2, 0) is 17.7 Å². The smallest absolute Gasteiger partial charge is 0.122 e. The van der Waals surface area contributed by atoms with Gasteiger partial charge in [0.15, 0.2) is 0 Å². The Hall–Kier alpha value is -1.84. The Morgan fingerprint density at radius 1 is 1.11 bits per heavy atom. The van der Waals surface area contributed by atoms with Gasteiger partial charge in [-0.2, -0.15) is 0 Å². The second kappa shape index (κ2) is 9.91. The van der Waals surface area contributed by atoms with Gasteiger partial charge in [-0.05, 0) is 61.8 Å². The van der Waals surface area contributed by atoms with Crippen molar-refractivity contribution in [3.8, 4) is 5.75 Å². The summed E-state index contributed by atoms with van der Waals surface area (Å²) >= 11 is 0. The summed E-state index contributed by atoms with van der Waals surface area (Å²) in [6.45, 7) is 5.05. The first kappa shape index (κ1) is 19.9. The fourth-order valence-corrected chi connectivity index (χ4v) is 4.38. The van der Waals surface area contributed by atoms with Gasteiger partial charge in [0.25, 0.3) is 0 Å². The van der Waals surface area contributed by atoms with E-state index in [1.807, 2.05) is 6.07 Å². The van der Waals surface area contributed by atoms with Crippen LogP contribution in [0.3, 0.4) is 0 Å². The maximum Gasteiger partial charge on any atom is 0.122 e. The lowest BCUT2D eigenvalue weighted by Crippen LogP contribution is -2.46. The van der Waals surface area contributed by atoms with Crippen molar-refractivity contribution in [3.05, 3.63) is 65.7 Å². The summed E-state index contributed by atoms with van der Waals surface area (Å²) in [5.74, 6) is 1.53. The number of para-hydroxylation sites is 1. The molecule has 3 rings (SSSR count). The quantitative estimate of drug-likeness (QED) is 0.633. The molecule has 2 atom stereocenters. The molecular weight excluding hydrogens is 334 g/mol. The zero-order valence-electron chi connectivity index (χ0n) is 16.7. The van der Waals surface area contributed by atoms with E-state index in [1.165, 1.54) is 17.5 Å². The maximum absolute atomic E-state index is 6.44. The second-order valence-corrected chi connectivity index (χ2v) is 7.53. The number of benzene rings is 2. The second-order valence-electron chi connectivity index (χ2n) is 7.53. The van der Waals surface area contributed by atoms with Gasteiger partial charge in [-0.1, -0.05) is 55.5 Å². The van der Waals surface area contributed by atoms with Gasteiger partial charge in [0, 0.05) is 13.2 Å². The molecule has 0 saturated carbocycles. The van der Waals surface area contributed by atoms with Crippen LogP contribution in [0.1, 0.15) is 43.7 Å². The van der Waals surface area contributed by atoms with E-state index >= 15 is 0 Å². The molecule has 1 saturated heterocycles. The van der Waals surface area contributed by atoms with Crippen LogP contribution in [0.2, 0.25) is 0 Å². The zero-order valence-corrected chi connectivity index (χ0v) is 16.7. The molecule has 1 fully saturated rings. The van der Waals surface area contributed by atoms with E-state index in [9.17, 15) is 0 Å². The van der Waals surface area contributed by atoms with Crippen LogP contribution in [0.15, 0.2) is 54.6 Å². The molecule has 2 aromatic rings. The predicted molar refractivity (Wildman–Crippen MR) is 111 cm³/mol. The van der Waals surface area contributed by atoms with Gasteiger partial charge < -0.3 is 14.8 Å². The van der Waals surface area contributed by atoms with E-state index in [2.05, 4.69) is 60.8 Å². The Balaban J connectivity index is 1.63. The van der Waals surface area contributed by atoms with E-state index in [0.717, 1.165) is 51.1 Å². The average Bonchev–Trinajstić information content (AvgIpc) is 2.73. The molecule has 3 nitrogen and oxygen atoms in total. The first-order valence-corrected chi connectivity index (χ1v) is 10.3. The molecular formula is C24H33NO2. The van der Waals surface area contributed by atoms with E-state index < -0.39 is 0 Å². The van der Waals surface area contributed by atoms with Crippen molar-refractivity contribution in [3.63, 3.8) is 0 Å². The number of hydrogen-bond acceptors (Lipinski definition) is 3. The molecule has 0 aromatic heterocycles. The molecule has 0 amide bonds. The van der Waals surface area contributed by atoms with Crippen molar-refractivity contribution in [1.82, 2.24) is 5.32 Å². The summed E-state index contributed by atoms with van der Waals surface area (Å²) in [5.41, 5.74) is 2.59. The third kappa shape index (κ3) is 5.12. The minimum Gasteiger partial charge on any atom is -0.496 e.